The SMILES string of the molecule is CNNC(=O)C(N)C(C)C. The van der Waals surface area contributed by atoms with Gasteiger partial charge in [0.05, 0.1) is 6.04 Å². The minimum Gasteiger partial charge on any atom is -0.320 e. The monoisotopic (exact) mass is 145 g/mol. The largest absolute Gasteiger partial charge is 0.320 e. The summed E-state index contributed by atoms with van der Waals surface area (Å²) in [5, 5.41) is 0. The van der Waals surface area contributed by atoms with Crippen LogP contribution in [0.4, 0.5) is 0 Å². The maximum absolute atomic E-state index is 10.9. The van der Waals surface area contributed by atoms with E-state index in [0.29, 0.717) is 0 Å². The fourth-order valence-corrected chi connectivity index (χ4v) is 0.509. The van der Waals surface area contributed by atoms with E-state index in [2.05, 4.69) is 10.9 Å². The molecular weight excluding hydrogens is 130 g/mol. The predicted octanol–water partition coefficient (Wildman–Crippen LogP) is -0.780. The van der Waals surface area contributed by atoms with Crippen LogP contribution in [0.25, 0.3) is 0 Å². The van der Waals surface area contributed by atoms with Gasteiger partial charge < -0.3 is 5.73 Å². The first-order valence-electron chi connectivity index (χ1n) is 3.31. The number of rotatable bonds is 3. The predicted molar refractivity (Wildman–Crippen MR) is 40.0 cm³/mol. The first-order valence-corrected chi connectivity index (χ1v) is 3.31. The van der Waals surface area contributed by atoms with Crippen molar-refractivity contribution in [3.05, 3.63) is 0 Å². The Kier molecular flexibility index (Phi) is 3.99. The first-order chi connectivity index (χ1) is 4.59. The summed E-state index contributed by atoms with van der Waals surface area (Å²) >= 11 is 0. The third-order valence-corrected chi connectivity index (χ3v) is 1.27. The minimum atomic E-state index is -0.424. The van der Waals surface area contributed by atoms with Crippen LogP contribution in [0, 0.1) is 5.92 Å². The average Bonchev–Trinajstić information content (AvgIpc) is 1.87. The van der Waals surface area contributed by atoms with E-state index in [1.807, 2.05) is 13.8 Å². The van der Waals surface area contributed by atoms with Crippen molar-refractivity contribution in [2.75, 3.05) is 7.05 Å². The molecule has 0 bridgehead atoms. The second-order valence-corrected chi connectivity index (χ2v) is 2.51. The second kappa shape index (κ2) is 4.24. The van der Waals surface area contributed by atoms with E-state index in [-0.39, 0.29) is 11.8 Å². The molecule has 0 aromatic heterocycles. The van der Waals surface area contributed by atoms with Crippen LogP contribution in [0.3, 0.4) is 0 Å². The van der Waals surface area contributed by atoms with E-state index in [0.717, 1.165) is 0 Å². The van der Waals surface area contributed by atoms with E-state index in [1.54, 1.807) is 7.05 Å². The first kappa shape index (κ1) is 9.39. The van der Waals surface area contributed by atoms with Crippen molar-refractivity contribution >= 4 is 5.91 Å². The number of carbonyl (C=O) groups excluding carboxylic acids is 1. The average molecular weight is 145 g/mol. The summed E-state index contributed by atoms with van der Waals surface area (Å²) in [6.07, 6.45) is 0. The van der Waals surface area contributed by atoms with E-state index < -0.39 is 6.04 Å². The second-order valence-electron chi connectivity index (χ2n) is 2.51. The molecular formula is C6H15N3O. The summed E-state index contributed by atoms with van der Waals surface area (Å²) in [6, 6.07) is -0.424. The summed E-state index contributed by atoms with van der Waals surface area (Å²) in [5.41, 5.74) is 10.4. The van der Waals surface area contributed by atoms with Gasteiger partial charge in [0.15, 0.2) is 0 Å². The van der Waals surface area contributed by atoms with Gasteiger partial charge in [-0.3, -0.25) is 10.2 Å². The lowest BCUT2D eigenvalue weighted by Crippen LogP contribution is -2.48. The Balaban J connectivity index is 3.71. The van der Waals surface area contributed by atoms with Crippen molar-refractivity contribution in [1.29, 1.82) is 0 Å². The quantitative estimate of drug-likeness (QED) is 0.456. The number of nitrogens with two attached hydrogens (primary N) is 1. The van der Waals surface area contributed by atoms with Gasteiger partial charge in [-0.05, 0) is 5.92 Å². The number of amides is 1. The van der Waals surface area contributed by atoms with Crippen LogP contribution in [0.5, 0.6) is 0 Å². The molecule has 10 heavy (non-hydrogen) atoms. The third kappa shape index (κ3) is 2.80. The van der Waals surface area contributed by atoms with Crippen LogP contribution in [0.1, 0.15) is 13.8 Å². The van der Waals surface area contributed by atoms with Gasteiger partial charge in [-0.1, -0.05) is 13.8 Å². The molecule has 0 aliphatic rings. The zero-order valence-corrected chi connectivity index (χ0v) is 6.64. The standard InChI is InChI=1S/C6H15N3O/c1-4(2)5(7)6(10)9-8-3/h4-5,8H,7H2,1-3H3,(H,9,10). The molecule has 0 aromatic carbocycles. The summed E-state index contributed by atoms with van der Waals surface area (Å²) in [4.78, 5) is 10.9. The molecule has 1 atom stereocenters. The van der Waals surface area contributed by atoms with Gasteiger partial charge in [0.25, 0.3) is 5.91 Å². The Morgan fingerprint density at radius 2 is 2.00 bits per heavy atom. The zero-order valence-electron chi connectivity index (χ0n) is 6.64. The van der Waals surface area contributed by atoms with E-state index in [1.165, 1.54) is 0 Å². The van der Waals surface area contributed by atoms with Gasteiger partial charge in [0.1, 0.15) is 0 Å². The Morgan fingerprint density at radius 3 is 2.30 bits per heavy atom. The van der Waals surface area contributed by atoms with Crippen molar-refractivity contribution < 1.29 is 4.79 Å². The van der Waals surface area contributed by atoms with Crippen molar-refractivity contribution in [1.82, 2.24) is 10.9 Å². The minimum absolute atomic E-state index is 0.169. The van der Waals surface area contributed by atoms with Gasteiger partial charge in [-0.25, -0.2) is 5.43 Å². The lowest BCUT2D eigenvalue weighted by molar-refractivity contribution is -0.124. The Labute approximate surface area is 61.1 Å². The number of hydrogen-bond donors (Lipinski definition) is 3. The van der Waals surface area contributed by atoms with Crippen LogP contribution in [-0.4, -0.2) is 19.0 Å². The lowest BCUT2D eigenvalue weighted by atomic mass is 10.1. The Hall–Kier alpha value is -0.610. The lowest BCUT2D eigenvalue weighted by Gasteiger charge is -2.13. The Bertz CT molecular complexity index is 114. The fourth-order valence-electron chi connectivity index (χ4n) is 0.509. The normalized spacial score (nSPS) is 13.3. The number of hydrazine groups is 1. The van der Waals surface area contributed by atoms with Gasteiger partial charge >= 0.3 is 0 Å². The molecule has 0 radical (unpaired) electrons. The van der Waals surface area contributed by atoms with Crippen molar-refractivity contribution in [2.24, 2.45) is 11.7 Å². The maximum atomic E-state index is 10.9. The number of carbonyl (C=O) groups is 1. The van der Waals surface area contributed by atoms with Crippen LogP contribution in [0.15, 0.2) is 0 Å². The molecule has 0 aliphatic carbocycles. The van der Waals surface area contributed by atoms with Crippen molar-refractivity contribution in [3.63, 3.8) is 0 Å². The Morgan fingerprint density at radius 1 is 1.50 bits per heavy atom. The maximum Gasteiger partial charge on any atom is 0.251 e. The van der Waals surface area contributed by atoms with Crippen molar-refractivity contribution in [2.45, 2.75) is 19.9 Å². The molecule has 4 N–H and O–H groups in total. The molecule has 1 unspecified atom stereocenters. The van der Waals surface area contributed by atoms with Gasteiger partial charge in [-0.2, -0.15) is 0 Å². The highest BCUT2D eigenvalue weighted by Gasteiger charge is 2.15. The summed E-state index contributed by atoms with van der Waals surface area (Å²) in [6.45, 7) is 3.81. The molecule has 4 heteroatoms. The summed E-state index contributed by atoms with van der Waals surface area (Å²) in [5.74, 6) is 0.00542. The molecule has 0 aliphatic heterocycles. The van der Waals surface area contributed by atoms with Gasteiger partial charge in [0, 0.05) is 7.05 Å². The van der Waals surface area contributed by atoms with Crippen LogP contribution >= 0.6 is 0 Å². The zero-order chi connectivity index (χ0) is 8.15. The molecule has 1 amide bonds. The van der Waals surface area contributed by atoms with Crippen LogP contribution in [-0.2, 0) is 4.79 Å². The van der Waals surface area contributed by atoms with Crippen molar-refractivity contribution in [3.8, 4) is 0 Å². The molecule has 0 fully saturated rings. The molecule has 0 heterocycles. The highest BCUT2D eigenvalue weighted by atomic mass is 16.2. The van der Waals surface area contributed by atoms with E-state index in [9.17, 15) is 4.79 Å². The van der Waals surface area contributed by atoms with Gasteiger partial charge in [0.2, 0.25) is 0 Å². The molecule has 0 rings (SSSR count). The molecule has 0 spiro atoms. The van der Waals surface area contributed by atoms with Crippen LogP contribution in [0.2, 0.25) is 0 Å². The van der Waals surface area contributed by atoms with Gasteiger partial charge in [-0.15, -0.1) is 0 Å². The topological polar surface area (TPSA) is 67.1 Å². The summed E-state index contributed by atoms with van der Waals surface area (Å²) in [7, 11) is 1.63. The highest BCUT2D eigenvalue weighted by Crippen LogP contribution is 1.96. The van der Waals surface area contributed by atoms with E-state index >= 15 is 0 Å². The number of hydrogen-bond acceptors (Lipinski definition) is 3. The molecule has 60 valence electrons. The molecule has 0 saturated heterocycles. The third-order valence-electron chi connectivity index (χ3n) is 1.27. The van der Waals surface area contributed by atoms with Crippen LogP contribution < -0.4 is 16.6 Å². The number of nitrogens with one attached hydrogen (secondary N) is 2. The highest BCUT2D eigenvalue weighted by molar-refractivity contribution is 5.81. The molecule has 4 nitrogen and oxygen atoms in total. The molecule has 0 aromatic rings. The van der Waals surface area contributed by atoms with E-state index in [4.69, 9.17) is 5.73 Å². The summed E-state index contributed by atoms with van der Waals surface area (Å²) < 4.78 is 0. The smallest absolute Gasteiger partial charge is 0.251 e. The fraction of sp³-hybridized carbons (Fsp3) is 0.833. The molecule has 0 saturated carbocycles.